The van der Waals surface area contributed by atoms with E-state index in [-0.39, 0.29) is 22.8 Å². The third-order valence-electron chi connectivity index (χ3n) is 2.79. The van der Waals surface area contributed by atoms with Crippen molar-refractivity contribution in [2.75, 3.05) is 5.32 Å². The first kappa shape index (κ1) is 17.0. The number of hydrogen-bond acceptors (Lipinski definition) is 6. The number of phenolic OH excluding ortho intramolecular Hbond substituents is 1. The summed E-state index contributed by atoms with van der Waals surface area (Å²) in [4.78, 5) is 34.5. The zero-order chi connectivity index (χ0) is 17.7. The van der Waals surface area contributed by atoms with E-state index in [2.05, 4.69) is 5.32 Å². The van der Waals surface area contributed by atoms with Crippen LogP contribution in [0.25, 0.3) is 0 Å². The largest absolute Gasteiger partial charge is 0.508 e. The van der Waals surface area contributed by atoms with Crippen LogP contribution in [0.3, 0.4) is 0 Å². The first-order valence-electron chi connectivity index (χ1n) is 6.96. The number of amides is 1. The van der Waals surface area contributed by atoms with E-state index in [0.29, 0.717) is 5.69 Å². The number of carbonyl (C=O) groups excluding carboxylic acids is 3. The van der Waals surface area contributed by atoms with Crippen molar-refractivity contribution in [3.63, 3.8) is 0 Å². The molecule has 0 aromatic heterocycles. The fourth-order valence-electron chi connectivity index (χ4n) is 1.90. The number of anilines is 1. The minimum absolute atomic E-state index is 0.0713. The van der Waals surface area contributed by atoms with E-state index in [1.807, 2.05) is 0 Å². The van der Waals surface area contributed by atoms with Crippen molar-refractivity contribution in [1.82, 2.24) is 0 Å². The Bertz CT molecular complexity index is 748. The summed E-state index contributed by atoms with van der Waals surface area (Å²) in [6.45, 7) is 2.43. The van der Waals surface area contributed by atoms with Crippen LogP contribution in [0.1, 0.15) is 24.2 Å². The van der Waals surface area contributed by atoms with Crippen LogP contribution in [0, 0.1) is 0 Å². The summed E-state index contributed by atoms with van der Waals surface area (Å²) in [5.41, 5.74) is 0.600. The molecule has 124 valence electrons. The normalized spacial score (nSPS) is 9.92. The van der Waals surface area contributed by atoms with Crippen LogP contribution >= 0.6 is 0 Å². The van der Waals surface area contributed by atoms with Gasteiger partial charge in [-0.25, -0.2) is 0 Å². The second-order valence-corrected chi connectivity index (χ2v) is 4.88. The summed E-state index contributed by atoms with van der Waals surface area (Å²) in [6.07, 6.45) is 0. The summed E-state index contributed by atoms with van der Waals surface area (Å²) in [5.74, 6) is -1.40. The van der Waals surface area contributed by atoms with Crippen LogP contribution in [-0.4, -0.2) is 23.0 Å². The summed E-state index contributed by atoms with van der Waals surface area (Å²) < 4.78 is 9.90. The van der Waals surface area contributed by atoms with Crippen molar-refractivity contribution in [2.24, 2.45) is 0 Å². The van der Waals surface area contributed by atoms with Gasteiger partial charge in [0.15, 0.2) is 0 Å². The Morgan fingerprint density at radius 1 is 0.875 bits per heavy atom. The number of rotatable bonds is 4. The van der Waals surface area contributed by atoms with E-state index in [4.69, 9.17) is 9.47 Å². The van der Waals surface area contributed by atoms with Crippen LogP contribution in [-0.2, 0) is 9.59 Å². The first-order chi connectivity index (χ1) is 11.3. The molecule has 2 aromatic carbocycles. The predicted molar refractivity (Wildman–Crippen MR) is 85.1 cm³/mol. The number of phenols is 1. The molecule has 7 heteroatoms. The van der Waals surface area contributed by atoms with Crippen LogP contribution in [0.15, 0.2) is 42.5 Å². The Morgan fingerprint density at radius 3 is 1.83 bits per heavy atom. The molecule has 0 aliphatic rings. The molecule has 0 heterocycles. The van der Waals surface area contributed by atoms with Crippen molar-refractivity contribution in [2.45, 2.75) is 13.8 Å². The number of aromatic hydroxyl groups is 1. The minimum atomic E-state index is -0.570. The molecule has 2 N–H and O–H groups in total. The highest BCUT2D eigenvalue weighted by Crippen LogP contribution is 2.24. The SMILES string of the molecule is CC(=O)Oc1cc(OC(C)=O)cc(C(=O)Nc2ccc(O)cc2)c1. The summed E-state index contributed by atoms with van der Waals surface area (Å²) >= 11 is 0. The van der Waals surface area contributed by atoms with Crippen LogP contribution in [0.5, 0.6) is 17.2 Å². The Kier molecular flexibility index (Phi) is 5.16. The van der Waals surface area contributed by atoms with Gasteiger partial charge in [-0.1, -0.05) is 0 Å². The molecule has 24 heavy (non-hydrogen) atoms. The predicted octanol–water partition coefficient (Wildman–Crippen LogP) is 2.50. The second-order valence-electron chi connectivity index (χ2n) is 4.88. The number of nitrogens with one attached hydrogen (secondary N) is 1. The summed E-state index contributed by atoms with van der Waals surface area (Å²) in [6, 6.07) is 9.94. The molecule has 2 rings (SSSR count). The van der Waals surface area contributed by atoms with E-state index < -0.39 is 17.8 Å². The van der Waals surface area contributed by atoms with Crippen molar-refractivity contribution < 1.29 is 29.0 Å². The van der Waals surface area contributed by atoms with E-state index in [9.17, 15) is 19.5 Å². The number of esters is 2. The maximum absolute atomic E-state index is 12.3. The van der Waals surface area contributed by atoms with E-state index in [1.165, 1.54) is 56.3 Å². The molecule has 1 amide bonds. The molecule has 0 aliphatic carbocycles. The highest BCUT2D eigenvalue weighted by Gasteiger charge is 2.13. The van der Waals surface area contributed by atoms with Gasteiger partial charge < -0.3 is 19.9 Å². The van der Waals surface area contributed by atoms with Gasteiger partial charge in [-0.2, -0.15) is 0 Å². The zero-order valence-electron chi connectivity index (χ0n) is 13.0. The third-order valence-corrected chi connectivity index (χ3v) is 2.79. The van der Waals surface area contributed by atoms with Gasteiger partial charge in [0.05, 0.1) is 0 Å². The van der Waals surface area contributed by atoms with Gasteiger partial charge in [0.25, 0.3) is 5.91 Å². The molecular weight excluding hydrogens is 314 g/mol. The average Bonchev–Trinajstić information content (AvgIpc) is 2.48. The monoisotopic (exact) mass is 329 g/mol. The molecular formula is C17H15NO6. The lowest BCUT2D eigenvalue weighted by Crippen LogP contribution is -2.13. The Labute approximate surface area is 137 Å². The van der Waals surface area contributed by atoms with Gasteiger partial charge in [-0.3, -0.25) is 14.4 Å². The zero-order valence-corrected chi connectivity index (χ0v) is 13.0. The van der Waals surface area contributed by atoms with Crippen molar-refractivity contribution in [3.05, 3.63) is 48.0 Å². The van der Waals surface area contributed by atoms with Crippen molar-refractivity contribution in [3.8, 4) is 17.2 Å². The molecule has 0 atom stereocenters. The Balaban J connectivity index is 2.28. The quantitative estimate of drug-likeness (QED) is 0.507. The fourth-order valence-corrected chi connectivity index (χ4v) is 1.90. The van der Waals surface area contributed by atoms with Crippen LogP contribution < -0.4 is 14.8 Å². The van der Waals surface area contributed by atoms with E-state index >= 15 is 0 Å². The smallest absolute Gasteiger partial charge is 0.308 e. The van der Waals surface area contributed by atoms with Crippen molar-refractivity contribution >= 4 is 23.5 Å². The molecule has 0 radical (unpaired) electrons. The average molecular weight is 329 g/mol. The Morgan fingerprint density at radius 2 is 1.38 bits per heavy atom. The van der Waals surface area contributed by atoms with Crippen LogP contribution in [0.4, 0.5) is 5.69 Å². The summed E-state index contributed by atoms with van der Waals surface area (Å²) in [5, 5.41) is 11.9. The minimum Gasteiger partial charge on any atom is -0.508 e. The molecule has 0 saturated heterocycles. The van der Waals surface area contributed by atoms with Gasteiger partial charge in [-0.15, -0.1) is 0 Å². The van der Waals surface area contributed by atoms with Gasteiger partial charge in [0.1, 0.15) is 17.2 Å². The Hall–Kier alpha value is -3.35. The number of hydrogen-bond donors (Lipinski definition) is 2. The topological polar surface area (TPSA) is 102 Å². The second kappa shape index (κ2) is 7.28. The highest BCUT2D eigenvalue weighted by atomic mass is 16.5. The maximum Gasteiger partial charge on any atom is 0.308 e. The number of benzene rings is 2. The molecule has 2 aromatic rings. The molecule has 0 saturated carbocycles. The van der Waals surface area contributed by atoms with Gasteiger partial charge in [0.2, 0.25) is 0 Å². The maximum atomic E-state index is 12.3. The van der Waals surface area contributed by atoms with Gasteiger partial charge >= 0.3 is 11.9 Å². The standard InChI is InChI=1S/C17H15NO6/c1-10(19)23-15-7-12(8-16(9-15)24-11(2)20)17(22)18-13-3-5-14(21)6-4-13/h3-9,21H,1-2H3,(H,18,22). The van der Waals surface area contributed by atoms with Gasteiger partial charge in [0, 0.05) is 31.2 Å². The third kappa shape index (κ3) is 4.84. The molecule has 0 bridgehead atoms. The lowest BCUT2D eigenvalue weighted by molar-refractivity contribution is -0.132. The summed E-state index contributed by atoms with van der Waals surface area (Å²) in [7, 11) is 0. The molecule has 0 spiro atoms. The molecule has 0 fully saturated rings. The number of ether oxygens (including phenoxy) is 2. The van der Waals surface area contributed by atoms with E-state index in [0.717, 1.165) is 0 Å². The molecule has 0 aliphatic heterocycles. The first-order valence-corrected chi connectivity index (χ1v) is 6.96. The number of carbonyl (C=O) groups is 3. The lowest BCUT2D eigenvalue weighted by atomic mass is 10.1. The lowest BCUT2D eigenvalue weighted by Gasteiger charge is -2.10. The van der Waals surface area contributed by atoms with Crippen molar-refractivity contribution in [1.29, 1.82) is 0 Å². The highest BCUT2D eigenvalue weighted by molar-refractivity contribution is 6.05. The van der Waals surface area contributed by atoms with Crippen LogP contribution in [0.2, 0.25) is 0 Å². The molecule has 7 nitrogen and oxygen atoms in total. The molecule has 0 unspecified atom stereocenters. The van der Waals surface area contributed by atoms with E-state index in [1.54, 1.807) is 0 Å². The fraction of sp³-hybridized carbons (Fsp3) is 0.118. The van der Waals surface area contributed by atoms with Gasteiger partial charge in [-0.05, 0) is 36.4 Å².